The fraction of sp³-hybridized carbons (Fsp3) is 0.417. The van der Waals surface area contributed by atoms with Crippen molar-refractivity contribution < 1.29 is 18.4 Å². The molecule has 0 bridgehead atoms. The average Bonchev–Trinajstić information content (AvgIpc) is 3.50. The Morgan fingerprint density at radius 2 is 1.88 bits per heavy atom. The molecule has 0 unspecified atom stereocenters. The molecule has 2 aromatic rings. The lowest BCUT2D eigenvalue weighted by molar-refractivity contribution is -0.384. The van der Waals surface area contributed by atoms with Crippen LogP contribution in [0.15, 0.2) is 53.4 Å². The summed E-state index contributed by atoms with van der Waals surface area (Å²) >= 11 is 0. The van der Waals surface area contributed by atoms with Crippen molar-refractivity contribution in [2.75, 3.05) is 13.1 Å². The number of benzene rings is 2. The number of aryl methyl sites for hydroxylation is 1. The lowest BCUT2D eigenvalue weighted by atomic mass is 9.86. The quantitative estimate of drug-likeness (QED) is 0.409. The molecule has 2 saturated carbocycles. The largest absolute Gasteiger partial charge is 0.393 e. The van der Waals surface area contributed by atoms with E-state index in [2.05, 4.69) is 11.8 Å². The van der Waals surface area contributed by atoms with Gasteiger partial charge in [-0.3, -0.25) is 10.1 Å². The van der Waals surface area contributed by atoms with Crippen molar-refractivity contribution in [3.8, 4) is 11.8 Å². The summed E-state index contributed by atoms with van der Waals surface area (Å²) in [6.07, 6.45) is 3.05. The maximum Gasteiger partial charge on any atom is 0.269 e. The third kappa shape index (κ3) is 4.56. The second-order valence-electron chi connectivity index (χ2n) is 8.82. The van der Waals surface area contributed by atoms with E-state index in [1.165, 1.54) is 16.4 Å². The Morgan fingerprint density at radius 3 is 2.53 bits per heavy atom. The average molecular weight is 455 g/mol. The van der Waals surface area contributed by atoms with Gasteiger partial charge >= 0.3 is 0 Å². The molecule has 2 aromatic carbocycles. The summed E-state index contributed by atoms with van der Waals surface area (Å²) in [7, 11) is -3.76. The number of rotatable bonds is 6. The highest BCUT2D eigenvalue weighted by atomic mass is 32.2. The Morgan fingerprint density at radius 1 is 1.19 bits per heavy atom. The van der Waals surface area contributed by atoms with Crippen molar-refractivity contribution in [2.24, 2.45) is 11.3 Å². The van der Waals surface area contributed by atoms with E-state index in [0.29, 0.717) is 12.1 Å². The van der Waals surface area contributed by atoms with Gasteiger partial charge < -0.3 is 5.11 Å². The number of hydrogen-bond donors (Lipinski definition) is 1. The van der Waals surface area contributed by atoms with Crippen LogP contribution in [0.4, 0.5) is 5.69 Å². The van der Waals surface area contributed by atoms with Crippen LogP contribution in [0.25, 0.3) is 0 Å². The third-order valence-electron chi connectivity index (χ3n) is 6.61. The van der Waals surface area contributed by atoms with E-state index in [-0.39, 0.29) is 34.6 Å². The molecule has 168 valence electrons. The van der Waals surface area contributed by atoms with E-state index < -0.39 is 14.9 Å². The minimum absolute atomic E-state index is 0.0117. The van der Waals surface area contributed by atoms with Gasteiger partial charge in [-0.05, 0) is 61.8 Å². The molecule has 0 saturated heterocycles. The smallest absolute Gasteiger partial charge is 0.269 e. The first kappa shape index (κ1) is 22.5. The third-order valence-corrected chi connectivity index (χ3v) is 8.41. The first-order chi connectivity index (χ1) is 15.2. The van der Waals surface area contributed by atoms with Crippen molar-refractivity contribution in [2.45, 2.75) is 43.6 Å². The Labute approximate surface area is 188 Å². The highest BCUT2D eigenvalue weighted by Gasteiger charge is 2.59. The molecule has 0 aliphatic heterocycles. The van der Waals surface area contributed by atoms with Gasteiger partial charge in [0, 0.05) is 24.2 Å². The number of fused-ring (bicyclic) bond motifs is 1. The van der Waals surface area contributed by atoms with Gasteiger partial charge in [0.15, 0.2) is 0 Å². The van der Waals surface area contributed by atoms with E-state index in [4.69, 9.17) is 0 Å². The molecule has 0 heterocycles. The summed E-state index contributed by atoms with van der Waals surface area (Å²) in [6.45, 7) is 2.25. The van der Waals surface area contributed by atoms with Crippen molar-refractivity contribution in [3.63, 3.8) is 0 Å². The number of hydrogen-bond acceptors (Lipinski definition) is 5. The molecular weight excluding hydrogens is 428 g/mol. The predicted octanol–water partition coefficient (Wildman–Crippen LogP) is 3.50. The second kappa shape index (κ2) is 8.66. The summed E-state index contributed by atoms with van der Waals surface area (Å²) in [5, 5.41) is 21.1. The predicted molar refractivity (Wildman–Crippen MR) is 120 cm³/mol. The molecule has 1 N–H and O–H groups in total. The normalized spacial score (nSPS) is 24.3. The van der Waals surface area contributed by atoms with Crippen LogP contribution in [0.3, 0.4) is 0 Å². The van der Waals surface area contributed by atoms with E-state index >= 15 is 0 Å². The first-order valence-corrected chi connectivity index (χ1v) is 12.1. The molecular formula is C24H26N2O5S. The van der Waals surface area contributed by atoms with Crippen LogP contribution in [0, 0.1) is 40.2 Å². The van der Waals surface area contributed by atoms with Crippen LogP contribution in [-0.4, -0.2) is 41.9 Å². The first-order valence-electron chi connectivity index (χ1n) is 10.7. The second-order valence-corrected chi connectivity index (χ2v) is 10.8. The Balaban J connectivity index is 1.58. The number of non-ortho nitro benzene ring substituents is 1. The van der Waals surface area contributed by atoms with Gasteiger partial charge in [-0.25, -0.2) is 8.42 Å². The van der Waals surface area contributed by atoms with Gasteiger partial charge in [-0.15, -0.1) is 0 Å². The molecule has 0 aromatic heterocycles. The zero-order chi connectivity index (χ0) is 22.9. The standard InChI is InChI=1S/C24H26N2O5S/c1-18-6-12-21(13-7-18)32(30,31)25(17-24-14-2-5-23(27)22(24)16-24)15-3-4-19-8-10-20(11-9-19)26(28)29/h6-13,22-23,27H,2,5,14-17H2,1H3/t22-,23-,24-/m1/s1. The Kier molecular flexibility index (Phi) is 6.08. The van der Waals surface area contributed by atoms with Crippen LogP contribution in [0.5, 0.6) is 0 Å². The maximum absolute atomic E-state index is 13.4. The van der Waals surface area contributed by atoms with Crippen LogP contribution in [0.2, 0.25) is 0 Å². The van der Waals surface area contributed by atoms with Gasteiger partial charge in [-0.2, -0.15) is 4.31 Å². The molecule has 7 nitrogen and oxygen atoms in total. The summed E-state index contributed by atoms with van der Waals surface area (Å²) in [6, 6.07) is 12.6. The molecule has 2 fully saturated rings. The van der Waals surface area contributed by atoms with Gasteiger partial charge in [0.05, 0.1) is 22.5 Å². The van der Waals surface area contributed by atoms with E-state index in [9.17, 15) is 23.6 Å². The number of nitrogens with zero attached hydrogens (tertiary/aromatic N) is 2. The fourth-order valence-electron chi connectivity index (χ4n) is 4.67. The van der Waals surface area contributed by atoms with Crippen LogP contribution in [-0.2, 0) is 10.0 Å². The molecule has 32 heavy (non-hydrogen) atoms. The van der Waals surface area contributed by atoms with Crippen LogP contribution >= 0.6 is 0 Å². The van der Waals surface area contributed by atoms with E-state index in [1.807, 2.05) is 6.92 Å². The summed E-state index contributed by atoms with van der Waals surface area (Å²) in [5.74, 6) is 6.00. The van der Waals surface area contributed by atoms with E-state index in [0.717, 1.165) is 31.2 Å². The summed E-state index contributed by atoms with van der Waals surface area (Å²) in [4.78, 5) is 10.6. The van der Waals surface area contributed by atoms with Gasteiger partial charge in [0.25, 0.3) is 5.69 Å². The highest BCUT2D eigenvalue weighted by Crippen LogP contribution is 2.61. The molecule has 4 rings (SSSR count). The number of aliphatic hydroxyl groups excluding tert-OH is 1. The monoisotopic (exact) mass is 454 g/mol. The van der Waals surface area contributed by atoms with E-state index in [1.54, 1.807) is 36.4 Å². The summed E-state index contributed by atoms with van der Waals surface area (Å²) in [5.41, 5.74) is 1.36. The zero-order valence-corrected chi connectivity index (χ0v) is 18.7. The lowest BCUT2D eigenvalue weighted by Gasteiger charge is -2.30. The SMILES string of the molecule is Cc1ccc(S(=O)(=O)N(CC#Cc2ccc([N+](=O)[O-])cc2)C[C@]23CCC[C@@H](O)[C@H]2C3)cc1. The van der Waals surface area contributed by atoms with Gasteiger partial charge in [0.2, 0.25) is 10.0 Å². The molecule has 2 aliphatic carbocycles. The Bertz CT molecular complexity index is 1170. The number of nitro benzene ring substituents is 1. The highest BCUT2D eigenvalue weighted by molar-refractivity contribution is 7.89. The van der Waals surface area contributed by atoms with Crippen molar-refractivity contribution in [1.82, 2.24) is 4.31 Å². The molecule has 0 spiro atoms. The minimum Gasteiger partial charge on any atom is -0.393 e. The summed E-state index contributed by atoms with van der Waals surface area (Å²) < 4.78 is 28.3. The van der Waals surface area contributed by atoms with Gasteiger partial charge in [0.1, 0.15) is 0 Å². The van der Waals surface area contributed by atoms with Crippen molar-refractivity contribution in [3.05, 3.63) is 69.8 Å². The topological polar surface area (TPSA) is 101 Å². The minimum atomic E-state index is -3.76. The Hall–Kier alpha value is -2.73. The lowest BCUT2D eigenvalue weighted by Crippen LogP contribution is -2.39. The van der Waals surface area contributed by atoms with Gasteiger partial charge in [-0.1, -0.05) is 36.0 Å². The van der Waals surface area contributed by atoms with Crippen molar-refractivity contribution >= 4 is 15.7 Å². The number of aliphatic hydroxyl groups is 1. The molecule has 3 atom stereocenters. The molecule has 2 aliphatic rings. The van der Waals surface area contributed by atoms with Crippen LogP contribution in [0.1, 0.15) is 36.8 Å². The molecule has 0 amide bonds. The van der Waals surface area contributed by atoms with Crippen molar-refractivity contribution in [1.29, 1.82) is 0 Å². The van der Waals surface area contributed by atoms with Crippen LogP contribution < -0.4 is 0 Å². The molecule has 8 heteroatoms. The maximum atomic E-state index is 13.4. The zero-order valence-electron chi connectivity index (χ0n) is 17.9. The fourth-order valence-corrected chi connectivity index (χ4v) is 6.11. The number of nitro groups is 1. The number of sulfonamides is 1. The molecule has 0 radical (unpaired) electrons.